The number of nitrogens with one attached hydrogen (secondary N) is 2. The molecule has 1 saturated heterocycles. The van der Waals surface area contributed by atoms with E-state index in [0.29, 0.717) is 19.8 Å². The molecule has 0 aliphatic carbocycles. The second-order valence-electron chi connectivity index (χ2n) is 9.03. The molecule has 1 unspecified atom stereocenters. The van der Waals surface area contributed by atoms with E-state index in [-0.39, 0.29) is 6.04 Å². The fraction of sp³-hybridized carbons (Fsp3) is 0.357. The number of allylic oxidation sites excluding steroid dienone is 7. The molecule has 0 amide bonds. The smallest absolute Gasteiger partial charge is 0.124 e. The number of hydrogen-bond acceptors (Lipinski definition) is 8. The first-order chi connectivity index (χ1) is 17.7. The fourth-order valence-corrected chi connectivity index (χ4v) is 4.68. The molecular weight excluding hydrogens is 450 g/mol. The van der Waals surface area contributed by atoms with Gasteiger partial charge in [-0.25, -0.2) is 0 Å². The molecule has 2 bridgehead atoms. The molecule has 186 valence electrons. The van der Waals surface area contributed by atoms with Crippen LogP contribution in [0, 0.1) is 0 Å². The van der Waals surface area contributed by atoms with Crippen molar-refractivity contribution in [3.63, 3.8) is 0 Å². The summed E-state index contributed by atoms with van der Waals surface area (Å²) in [6.45, 7) is 8.52. The van der Waals surface area contributed by atoms with Crippen molar-refractivity contribution in [1.82, 2.24) is 15.6 Å². The predicted molar refractivity (Wildman–Crippen MR) is 148 cm³/mol. The maximum absolute atomic E-state index is 5.64. The van der Waals surface area contributed by atoms with E-state index < -0.39 is 0 Å². The highest BCUT2D eigenvalue weighted by Gasteiger charge is 2.25. The minimum atomic E-state index is -0.162. The lowest BCUT2D eigenvalue weighted by molar-refractivity contribution is 0.0683. The van der Waals surface area contributed by atoms with Gasteiger partial charge in [-0.15, -0.1) is 0 Å². The summed E-state index contributed by atoms with van der Waals surface area (Å²) in [4.78, 5) is 17.1. The number of hydrazone groups is 1. The van der Waals surface area contributed by atoms with Crippen LogP contribution in [0.5, 0.6) is 0 Å². The summed E-state index contributed by atoms with van der Waals surface area (Å²) in [5, 5.41) is 7.22. The van der Waals surface area contributed by atoms with E-state index in [1.54, 1.807) is 6.21 Å². The van der Waals surface area contributed by atoms with Gasteiger partial charge in [0.2, 0.25) is 0 Å². The number of rotatable bonds is 4. The van der Waals surface area contributed by atoms with Gasteiger partial charge in [-0.3, -0.25) is 15.0 Å². The molecule has 36 heavy (non-hydrogen) atoms. The van der Waals surface area contributed by atoms with Crippen LogP contribution in [-0.2, 0) is 4.74 Å². The molecule has 8 nitrogen and oxygen atoms in total. The highest BCUT2D eigenvalue weighted by molar-refractivity contribution is 6.10. The summed E-state index contributed by atoms with van der Waals surface area (Å²) in [5.41, 5.74) is 10.5. The Morgan fingerprint density at radius 3 is 2.89 bits per heavy atom. The zero-order valence-electron chi connectivity index (χ0n) is 20.8. The molecule has 0 aromatic heterocycles. The summed E-state index contributed by atoms with van der Waals surface area (Å²) >= 11 is 0. The van der Waals surface area contributed by atoms with Gasteiger partial charge in [-0.05, 0) is 59.4 Å². The van der Waals surface area contributed by atoms with Crippen molar-refractivity contribution in [1.29, 1.82) is 0 Å². The van der Waals surface area contributed by atoms with E-state index in [4.69, 9.17) is 14.7 Å². The normalized spacial score (nSPS) is 25.5. The van der Waals surface area contributed by atoms with Crippen molar-refractivity contribution in [2.75, 3.05) is 46.4 Å². The van der Waals surface area contributed by atoms with E-state index in [1.807, 2.05) is 19.3 Å². The topological polar surface area (TPSA) is 86.0 Å². The molecule has 1 fully saturated rings. The van der Waals surface area contributed by atoms with Crippen LogP contribution in [0.15, 0.2) is 103 Å². The highest BCUT2D eigenvalue weighted by atomic mass is 16.5. The summed E-state index contributed by atoms with van der Waals surface area (Å²) in [6, 6.07) is -0.162. The zero-order valence-corrected chi connectivity index (χ0v) is 20.8. The predicted octanol–water partition coefficient (Wildman–Crippen LogP) is 2.89. The number of hydrogen-bond donors (Lipinski definition) is 2. The molecule has 5 heterocycles. The minimum Gasteiger partial charge on any atom is -0.387 e. The third kappa shape index (κ3) is 5.54. The van der Waals surface area contributed by atoms with Crippen LogP contribution in [0.4, 0.5) is 0 Å². The van der Waals surface area contributed by atoms with Gasteiger partial charge in [0, 0.05) is 39.1 Å². The molecule has 5 aliphatic heterocycles. The van der Waals surface area contributed by atoms with Gasteiger partial charge in [-0.2, -0.15) is 5.10 Å². The monoisotopic (exact) mass is 483 g/mol. The Morgan fingerprint density at radius 1 is 1.19 bits per heavy atom. The molecule has 0 saturated carbocycles. The van der Waals surface area contributed by atoms with Crippen molar-refractivity contribution in [3.8, 4) is 0 Å². The average Bonchev–Trinajstić information content (AvgIpc) is 3.10. The third-order valence-electron chi connectivity index (χ3n) is 6.68. The van der Waals surface area contributed by atoms with Gasteiger partial charge in [-0.1, -0.05) is 24.8 Å². The zero-order chi connectivity index (χ0) is 24.7. The summed E-state index contributed by atoms with van der Waals surface area (Å²) in [5.74, 6) is 0.978. The summed E-state index contributed by atoms with van der Waals surface area (Å²) < 4.78 is 5.64. The molecule has 5 rings (SSSR count). The second kappa shape index (κ2) is 11.3. The molecule has 8 heteroatoms. The molecule has 1 atom stereocenters. The van der Waals surface area contributed by atoms with Crippen molar-refractivity contribution in [2.24, 2.45) is 20.1 Å². The molecule has 0 aromatic carbocycles. The van der Waals surface area contributed by atoms with Crippen molar-refractivity contribution in [2.45, 2.75) is 18.9 Å². The van der Waals surface area contributed by atoms with Gasteiger partial charge in [0.05, 0.1) is 36.9 Å². The molecule has 5 aliphatic rings. The van der Waals surface area contributed by atoms with E-state index >= 15 is 0 Å². The number of nitrogens with zero attached hydrogens (tertiary/aromatic N) is 5. The fourth-order valence-electron chi connectivity index (χ4n) is 4.68. The average molecular weight is 484 g/mol. The summed E-state index contributed by atoms with van der Waals surface area (Å²) in [7, 11) is 1.88. The highest BCUT2D eigenvalue weighted by Crippen LogP contribution is 2.28. The summed E-state index contributed by atoms with van der Waals surface area (Å²) in [6.07, 6.45) is 20.5. The lowest BCUT2D eigenvalue weighted by Crippen LogP contribution is -2.41. The van der Waals surface area contributed by atoms with Gasteiger partial charge in [0.15, 0.2) is 0 Å². The molecule has 2 N–H and O–H groups in total. The number of amidine groups is 1. The van der Waals surface area contributed by atoms with Crippen molar-refractivity contribution >= 4 is 23.5 Å². The molecular formula is C28H33N7O. The van der Waals surface area contributed by atoms with Crippen LogP contribution in [0.3, 0.4) is 0 Å². The Labute approximate surface area is 212 Å². The van der Waals surface area contributed by atoms with E-state index in [0.717, 1.165) is 61.0 Å². The maximum atomic E-state index is 5.64. The largest absolute Gasteiger partial charge is 0.387 e. The number of fused-ring (bicyclic) bond motifs is 1. The Balaban J connectivity index is 1.54. The number of morpholine rings is 1. The van der Waals surface area contributed by atoms with Crippen LogP contribution >= 0.6 is 0 Å². The first-order valence-corrected chi connectivity index (χ1v) is 12.5. The first kappa shape index (κ1) is 23.9. The van der Waals surface area contributed by atoms with Crippen LogP contribution in [0.25, 0.3) is 0 Å². The van der Waals surface area contributed by atoms with Gasteiger partial charge in [0.25, 0.3) is 0 Å². The quantitative estimate of drug-likeness (QED) is 0.644. The second-order valence-corrected chi connectivity index (χ2v) is 9.03. The molecule has 0 spiro atoms. The maximum Gasteiger partial charge on any atom is 0.124 e. The Hall–Kier alpha value is -3.78. The van der Waals surface area contributed by atoms with Crippen molar-refractivity contribution in [3.05, 3.63) is 83.3 Å². The standard InChI is InChI=1S/C28H33N7O/c1-20(29-2)25-6-5-22(4-3-9-30-25)24-16-21-7-10-31-28(23-8-11-32-33-19-23)26(17-21)34-27(18-24)35-12-14-36-15-13-35/h4-8,10-11,17-18,26,29,33H,1,3,9,12-16,19H2,2H3/b6-5?,22-4-,24-18?,30-25?,34-27?. The third-order valence-corrected chi connectivity index (χ3v) is 6.68. The van der Waals surface area contributed by atoms with Gasteiger partial charge < -0.3 is 20.4 Å². The Morgan fingerprint density at radius 2 is 2.08 bits per heavy atom. The van der Waals surface area contributed by atoms with Crippen molar-refractivity contribution < 1.29 is 4.74 Å². The van der Waals surface area contributed by atoms with Crippen LogP contribution in [0.1, 0.15) is 12.8 Å². The lowest BCUT2D eigenvalue weighted by Gasteiger charge is -2.31. The number of ether oxygens (including phenoxy) is 1. The number of aliphatic imine (C=N–C) groups is 3. The SMILES string of the molecule is C=C(NC)C1=NCC/C=C(\C2=CC(N3CCOCC3)=NC3C=C(C=CN=C3C3=CC=NNC3)C2)C=C1. The van der Waals surface area contributed by atoms with Crippen LogP contribution in [0.2, 0.25) is 0 Å². The molecule has 0 radical (unpaired) electrons. The van der Waals surface area contributed by atoms with E-state index in [9.17, 15) is 0 Å². The van der Waals surface area contributed by atoms with Crippen LogP contribution < -0.4 is 10.7 Å². The first-order valence-electron chi connectivity index (χ1n) is 12.5. The van der Waals surface area contributed by atoms with E-state index in [1.165, 1.54) is 16.7 Å². The molecule has 0 aromatic rings. The van der Waals surface area contributed by atoms with Gasteiger partial charge in [0.1, 0.15) is 11.9 Å². The Kier molecular flexibility index (Phi) is 7.52. The van der Waals surface area contributed by atoms with E-state index in [2.05, 4.69) is 68.8 Å². The van der Waals surface area contributed by atoms with Crippen LogP contribution in [-0.4, -0.2) is 80.9 Å². The Bertz CT molecular complexity index is 1200. The minimum absolute atomic E-state index is 0.162. The lowest BCUT2D eigenvalue weighted by atomic mass is 9.92. The van der Waals surface area contributed by atoms with Gasteiger partial charge >= 0.3 is 0 Å².